The Balaban J connectivity index is 1.97. The highest BCUT2D eigenvalue weighted by molar-refractivity contribution is 5.93. The number of guanidine groups is 1. The minimum Gasteiger partial charge on any atom is -0.370 e. The summed E-state index contributed by atoms with van der Waals surface area (Å²) in [5.41, 5.74) is 10.00. The van der Waals surface area contributed by atoms with E-state index in [1.807, 2.05) is 0 Å². The average Bonchev–Trinajstić information content (AvgIpc) is 2.47. The number of likely N-dealkylation sites (N-methyl/N-ethyl adjacent to an activating group) is 1. The Labute approximate surface area is 122 Å². The van der Waals surface area contributed by atoms with Crippen LogP contribution in [0, 0.1) is 0 Å². The number of aryl methyl sites for hydroxylation is 1. The van der Waals surface area contributed by atoms with Gasteiger partial charge in [-0.3, -0.25) is 4.99 Å². The van der Waals surface area contributed by atoms with E-state index < -0.39 is 0 Å². The number of nitrogens with zero attached hydrogens (tertiary/aromatic N) is 2. The molecule has 0 atom stereocenters. The van der Waals surface area contributed by atoms with E-state index in [2.05, 4.69) is 47.4 Å². The number of anilines is 1. The fourth-order valence-corrected chi connectivity index (χ4v) is 2.58. The van der Waals surface area contributed by atoms with Gasteiger partial charge in [-0.2, -0.15) is 0 Å². The molecule has 0 saturated heterocycles. The van der Waals surface area contributed by atoms with Crippen LogP contribution in [0.3, 0.4) is 0 Å². The van der Waals surface area contributed by atoms with Crippen LogP contribution in [0.1, 0.15) is 30.9 Å². The molecular weight excluding hydrogens is 248 g/mol. The molecule has 0 aliphatic heterocycles. The Hall–Kier alpha value is -1.55. The summed E-state index contributed by atoms with van der Waals surface area (Å²) in [6, 6.07) is 6.43. The van der Waals surface area contributed by atoms with Crippen LogP contribution in [-0.4, -0.2) is 37.5 Å². The molecule has 1 aromatic rings. The van der Waals surface area contributed by atoms with Crippen molar-refractivity contribution in [2.45, 2.75) is 32.6 Å². The van der Waals surface area contributed by atoms with Crippen molar-refractivity contribution in [1.29, 1.82) is 0 Å². The molecule has 0 aromatic heterocycles. The van der Waals surface area contributed by atoms with Crippen molar-refractivity contribution in [1.82, 2.24) is 4.90 Å². The fraction of sp³-hybridized carbons (Fsp3) is 0.562. The summed E-state index contributed by atoms with van der Waals surface area (Å²) in [4.78, 5) is 6.62. The normalized spacial score (nSPS) is 15.2. The summed E-state index contributed by atoms with van der Waals surface area (Å²) in [7, 11) is 2.09. The Morgan fingerprint density at radius 2 is 2.15 bits per heavy atom. The van der Waals surface area contributed by atoms with Gasteiger partial charge in [0.15, 0.2) is 5.96 Å². The van der Waals surface area contributed by atoms with Crippen LogP contribution >= 0.6 is 0 Å². The number of fused-ring (bicyclic) bond motifs is 1. The summed E-state index contributed by atoms with van der Waals surface area (Å²) in [6.07, 6.45) is 4.89. The first-order valence-electron chi connectivity index (χ1n) is 7.57. The van der Waals surface area contributed by atoms with Crippen molar-refractivity contribution >= 4 is 11.6 Å². The lowest BCUT2D eigenvalue weighted by Crippen LogP contribution is -2.26. The number of hydrogen-bond donors (Lipinski definition) is 2. The van der Waals surface area contributed by atoms with E-state index >= 15 is 0 Å². The third-order valence-electron chi connectivity index (χ3n) is 3.96. The van der Waals surface area contributed by atoms with E-state index in [-0.39, 0.29) is 0 Å². The zero-order valence-corrected chi connectivity index (χ0v) is 12.7. The Kier molecular flexibility index (Phi) is 5.41. The SMILES string of the molecule is CCN(C)CCN=C(N)Nc1cccc2c1CCCC2. The number of benzene rings is 1. The number of nitrogens with one attached hydrogen (secondary N) is 1. The smallest absolute Gasteiger partial charge is 0.193 e. The third-order valence-corrected chi connectivity index (χ3v) is 3.96. The van der Waals surface area contributed by atoms with Gasteiger partial charge in [0.2, 0.25) is 0 Å². The first kappa shape index (κ1) is 14.9. The second-order valence-corrected chi connectivity index (χ2v) is 5.44. The quantitative estimate of drug-likeness (QED) is 0.639. The van der Waals surface area contributed by atoms with Gasteiger partial charge in [0, 0.05) is 12.2 Å². The van der Waals surface area contributed by atoms with E-state index in [1.165, 1.54) is 30.4 Å². The third kappa shape index (κ3) is 3.97. The van der Waals surface area contributed by atoms with Crippen LogP contribution < -0.4 is 11.1 Å². The predicted octanol–water partition coefficient (Wildman–Crippen LogP) is 2.24. The molecule has 1 aromatic carbocycles. The van der Waals surface area contributed by atoms with Gasteiger partial charge >= 0.3 is 0 Å². The number of nitrogens with two attached hydrogens (primary N) is 1. The molecule has 4 heteroatoms. The monoisotopic (exact) mass is 274 g/mol. The number of rotatable bonds is 5. The van der Waals surface area contributed by atoms with Crippen molar-refractivity contribution in [3.8, 4) is 0 Å². The predicted molar refractivity (Wildman–Crippen MR) is 86.4 cm³/mol. The largest absolute Gasteiger partial charge is 0.370 e. The molecule has 0 amide bonds. The lowest BCUT2D eigenvalue weighted by molar-refractivity contribution is 0.363. The number of aliphatic imine (C=N–C) groups is 1. The van der Waals surface area contributed by atoms with Gasteiger partial charge in [0.1, 0.15) is 0 Å². The summed E-state index contributed by atoms with van der Waals surface area (Å²) in [6.45, 7) is 4.85. The molecule has 20 heavy (non-hydrogen) atoms. The summed E-state index contributed by atoms with van der Waals surface area (Å²) in [5.74, 6) is 0.522. The second kappa shape index (κ2) is 7.29. The maximum Gasteiger partial charge on any atom is 0.193 e. The van der Waals surface area contributed by atoms with Crippen LogP contribution in [0.5, 0.6) is 0 Å². The highest BCUT2D eigenvalue weighted by Gasteiger charge is 2.12. The highest BCUT2D eigenvalue weighted by atomic mass is 15.1. The molecule has 3 N–H and O–H groups in total. The molecule has 0 radical (unpaired) electrons. The van der Waals surface area contributed by atoms with E-state index in [9.17, 15) is 0 Å². The molecule has 1 aliphatic rings. The molecular formula is C16H26N4. The Morgan fingerprint density at radius 1 is 1.35 bits per heavy atom. The van der Waals surface area contributed by atoms with Gasteiger partial charge in [-0.1, -0.05) is 19.1 Å². The lowest BCUT2D eigenvalue weighted by Gasteiger charge is -2.20. The van der Waals surface area contributed by atoms with Gasteiger partial charge < -0.3 is 16.0 Å². The molecule has 2 rings (SSSR count). The molecule has 0 bridgehead atoms. The van der Waals surface area contributed by atoms with Crippen LogP contribution in [0.2, 0.25) is 0 Å². The molecule has 110 valence electrons. The maximum atomic E-state index is 5.99. The summed E-state index contributed by atoms with van der Waals surface area (Å²) < 4.78 is 0. The molecule has 0 unspecified atom stereocenters. The van der Waals surface area contributed by atoms with Crippen molar-refractivity contribution in [3.05, 3.63) is 29.3 Å². The minimum atomic E-state index is 0.522. The topological polar surface area (TPSA) is 53.6 Å². The van der Waals surface area contributed by atoms with E-state index in [0.29, 0.717) is 5.96 Å². The minimum absolute atomic E-state index is 0.522. The highest BCUT2D eigenvalue weighted by Crippen LogP contribution is 2.27. The van der Waals surface area contributed by atoms with Crippen LogP contribution in [-0.2, 0) is 12.8 Å². The van der Waals surface area contributed by atoms with Gasteiger partial charge in [-0.25, -0.2) is 0 Å². The molecule has 0 spiro atoms. The van der Waals surface area contributed by atoms with Crippen LogP contribution in [0.25, 0.3) is 0 Å². The van der Waals surface area contributed by atoms with Crippen molar-refractivity contribution in [2.75, 3.05) is 32.0 Å². The summed E-state index contributed by atoms with van der Waals surface area (Å²) in [5, 5.41) is 3.27. The van der Waals surface area contributed by atoms with Crippen molar-refractivity contribution in [3.63, 3.8) is 0 Å². The standard InChI is InChI=1S/C16H26N4/c1-3-20(2)12-11-18-16(17)19-15-10-6-8-13-7-4-5-9-14(13)15/h6,8,10H,3-5,7,9,11-12H2,1-2H3,(H3,17,18,19). The maximum absolute atomic E-state index is 5.99. The zero-order chi connectivity index (χ0) is 14.4. The molecule has 0 saturated carbocycles. The lowest BCUT2D eigenvalue weighted by atomic mass is 9.90. The summed E-state index contributed by atoms with van der Waals surface area (Å²) >= 11 is 0. The van der Waals surface area contributed by atoms with Crippen LogP contribution in [0.4, 0.5) is 5.69 Å². The first-order valence-corrected chi connectivity index (χ1v) is 7.57. The first-order chi connectivity index (χ1) is 9.70. The van der Waals surface area contributed by atoms with Gasteiger partial charge in [0.05, 0.1) is 6.54 Å². The van der Waals surface area contributed by atoms with Crippen LogP contribution in [0.15, 0.2) is 23.2 Å². The van der Waals surface area contributed by atoms with E-state index in [1.54, 1.807) is 0 Å². The van der Waals surface area contributed by atoms with E-state index in [4.69, 9.17) is 5.73 Å². The zero-order valence-electron chi connectivity index (χ0n) is 12.7. The van der Waals surface area contributed by atoms with Crippen molar-refractivity contribution < 1.29 is 0 Å². The van der Waals surface area contributed by atoms with Gasteiger partial charge in [-0.15, -0.1) is 0 Å². The van der Waals surface area contributed by atoms with Gasteiger partial charge in [-0.05, 0) is 56.5 Å². The molecule has 4 nitrogen and oxygen atoms in total. The molecule has 1 aliphatic carbocycles. The van der Waals surface area contributed by atoms with E-state index in [0.717, 1.165) is 31.7 Å². The average molecular weight is 274 g/mol. The Morgan fingerprint density at radius 3 is 2.95 bits per heavy atom. The van der Waals surface area contributed by atoms with Gasteiger partial charge in [0.25, 0.3) is 0 Å². The number of hydrogen-bond acceptors (Lipinski definition) is 2. The fourth-order valence-electron chi connectivity index (χ4n) is 2.58. The molecule has 0 heterocycles. The van der Waals surface area contributed by atoms with Crippen molar-refractivity contribution in [2.24, 2.45) is 10.7 Å². The molecule has 0 fully saturated rings. The Bertz CT molecular complexity index is 468. The second-order valence-electron chi connectivity index (χ2n) is 5.44.